The van der Waals surface area contributed by atoms with Gasteiger partial charge in [0.15, 0.2) is 11.5 Å². The summed E-state index contributed by atoms with van der Waals surface area (Å²) in [5, 5.41) is 1.82. The van der Waals surface area contributed by atoms with E-state index in [0.717, 1.165) is 20.8 Å². The summed E-state index contributed by atoms with van der Waals surface area (Å²) in [6, 6.07) is 4.67. The SMILES string of the molecule is Cc1sc2ncnc(SCC(=O)N3CCN(S(=O)(=O)c4ccc5c(c4)OCCO5)CC3)c2c1C. The molecule has 0 N–H and O–H groups in total. The molecular weight excluding hydrogens is 496 g/mol. The number of carbonyl (C=O) groups is 1. The molecule has 1 saturated heterocycles. The zero-order chi connectivity index (χ0) is 23.9. The van der Waals surface area contributed by atoms with Gasteiger partial charge in [0, 0.05) is 42.5 Å². The normalized spacial score (nSPS) is 16.7. The Hall–Kier alpha value is -2.41. The fraction of sp³-hybridized carbons (Fsp3) is 0.409. The maximum Gasteiger partial charge on any atom is 0.243 e. The molecule has 0 unspecified atom stereocenters. The van der Waals surface area contributed by atoms with Crippen molar-refractivity contribution >= 4 is 49.2 Å². The van der Waals surface area contributed by atoms with Crippen molar-refractivity contribution < 1.29 is 22.7 Å². The van der Waals surface area contributed by atoms with E-state index in [2.05, 4.69) is 16.9 Å². The molecule has 1 fully saturated rings. The average Bonchev–Trinajstić information content (AvgIpc) is 3.16. The van der Waals surface area contributed by atoms with Crippen molar-refractivity contribution in [1.29, 1.82) is 0 Å². The summed E-state index contributed by atoms with van der Waals surface area (Å²) in [6.07, 6.45) is 1.53. The van der Waals surface area contributed by atoms with Gasteiger partial charge in [0.1, 0.15) is 29.4 Å². The molecular formula is C22H24N4O5S3. The Bertz CT molecular complexity index is 1350. The summed E-state index contributed by atoms with van der Waals surface area (Å²) in [4.78, 5) is 25.6. The summed E-state index contributed by atoms with van der Waals surface area (Å²) >= 11 is 3.03. The summed E-state index contributed by atoms with van der Waals surface area (Å²) in [7, 11) is -3.69. The molecule has 180 valence electrons. The standard InChI is InChI=1S/C22H24N4O5S3/c1-14-15(2)33-22-20(14)21(23-13-24-22)32-12-19(27)25-5-7-26(8-6-25)34(28,29)16-3-4-17-18(11-16)31-10-9-30-17/h3-4,11,13H,5-10,12H2,1-2H3. The van der Waals surface area contributed by atoms with Crippen LogP contribution in [0.2, 0.25) is 0 Å². The number of carbonyl (C=O) groups excluding carboxylic acids is 1. The van der Waals surface area contributed by atoms with Gasteiger partial charge in [-0.2, -0.15) is 4.31 Å². The van der Waals surface area contributed by atoms with Gasteiger partial charge in [-0.3, -0.25) is 4.79 Å². The Kier molecular flexibility index (Phi) is 6.40. The van der Waals surface area contributed by atoms with Gasteiger partial charge < -0.3 is 14.4 Å². The van der Waals surface area contributed by atoms with Crippen LogP contribution in [0.5, 0.6) is 11.5 Å². The second kappa shape index (κ2) is 9.33. The highest BCUT2D eigenvalue weighted by atomic mass is 32.2. The minimum atomic E-state index is -3.69. The van der Waals surface area contributed by atoms with Gasteiger partial charge in [-0.05, 0) is 31.5 Å². The molecule has 1 aromatic carbocycles. The number of fused-ring (bicyclic) bond motifs is 2. The predicted octanol–water partition coefficient (Wildman–Crippen LogP) is 2.70. The molecule has 9 nitrogen and oxygen atoms in total. The third kappa shape index (κ3) is 4.35. The first kappa shape index (κ1) is 23.3. The Labute approximate surface area is 206 Å². The van der Waals surface area contributed by atoms with Gasteiger partial charge in [-0.25, -0.2) is 18.4 Å². The first-order valence-corrected chi connectivity index (χ1v) is 14.1. The molecule has 0 bridgehead atoms. The van der Waals surface area contributed by atoms with Crippen molar-refractivity contribution in [2.45, 2.75) is 23.8 Å². The lowest BCUT2D eigenvalue weighted by atomic mass is 10.2. The summed E-state index contributed by atoms with van der Waals surface area (Å²) < 4.78 is 38.7. The Morgan fingerprint density at radius 2 is 1.82 bits per heavy atom. The van der Waals surface area contributed by atoms with Crippen LogP contribution < -0.4 is 9.47 Å². The average molecular weight is 521 g/mol. The topological polar surface area (TPSA) is 102 Å². The highest BCUT2D eigenvalue weighted by Crippen LogP contribution is 2.35. The van der Waals surface area contributed by atoms with Crippen molar-refractivity contribution in [3.8, 4) is 11.5 Å². The van der Waals surface area contributed by atoms with Crippen LogP contribution in [0.15, 0.2) is 34.4 Å². The minimum absolute atomic E-state index is 0.0299. The molecule has 2 aliphatic rings. The molecule has 4 heterocycles. The van der Waals surface area contributed by atoms with Crippen LogP contribution in [0.25, 0.3) is 10.2 Å². The lowest BCUT2D eigenvalue weighted by molar-refractivity contribution is -0.129. The largest absolute Gasteiger partial charge is 0.486 e. The molecule has 5 rings (SSSR count). The lowest BCUT2D eigenvalue weighted by Crippen LogP contribution is -2.50. The molecule has 2 aliphatic heterocycles. The second-order valence-electron chi connectivity index (χ2n) is 8.02. The maximum atomic E-state index is 13.1. The summed E-state index contributed by atoms with van der Waals surface area (Å²) in [5.41, 5.74) is 1.15. The van der Waals surface area contributed by atoms with E-state index in [1.165, 1.54) is 39.4 Å². The van der Waals surface area contributed by atoms with Crippen LogP contribution in [-0.4, -0.2) is 78.6 Å². The highest BCUT2D eigenvalue weighted by molar-refractivity contribution is 8.00. The molecule has 0 atom stereocenters. The molecule has 3 aromatic rings. The van der Waals surface area contributed by atoms with E-state index in [0.29, 0.717) is 37.8 Å². The van der Waals surface area contributed by atoms with Crippen LogP contribution in [0.1, 0.15) is 10.4 Å². The van der Waals surface area contributed by atoms with Crippen molar-refractivity contribution in [3.05, 3.63) is 35.0 Å². The molecule has 12 heteroatoms. The number of hydrogen-bond acceptors (Lipinski definition) is 9. The quantitative estimate of drug-likeness (QED) is 0.374. The Morgan fingerprint density at radius 3 is 2.59 bits per heavy atom. The number of aryl methyl sites for hydroxylation is 2. The van der Waals surface area contributed by atoms with Gasteiger partial charge in [0.25, 0.3) is 0 Å². The Morgan fingerprint density at radius 1 is 1.09 bits per heavy atom. The smallest absolute Gasteiger partial charge is 0.243 e. The molecule has 0 spiro atoms. The van der Waals surface area contributed by atoms with Gasteiger partial charge in [0.05, 0.1) is 10.6 Å². The fourth-order valence-electron chi connectivity index (χ4n) is 3.99. The van der Waals surface area contributed by atoms with Crippen LogP contribution in [-0.2, 0) is 14.8 Å². The number of hydrogen-bond donors (Lipinski definition) is 0. The van der Waals surface area contributed by atoms with Gasteiger partial charge in [0.2, 0.25) is 15.9 Å². The number of benzene rings is 1. The van der Waals surface area contributed by atoms with Gasteiger partial charge in [-0.15, -0.1) is 11.3 Å². The highest BCUT2D eigenvalue weighted by Gasteiger charge is 2.31. The van der Waals surface area contributed by atoms with Crippen LogP contribution in [0.4, 0.5) is 0 Å². The number of ether oxygens (including phenoxy) is 2. The zero-order valence-electron chi connectivity index (χ0n) is 18.8. The number of thioether (sulfide) groups is 1. The summed E-state index contributed by atoms with van der Waals surface area (Å²) in [5.74, 6) is 1.20. The minimum Gasteiger partial charge on any atom is -0.486 e. The van der Waals surface area contributed by atoms with Gasteiger partial charge in [-0.1, -0.05) is 11.8 Å². The number of aromatic nitrogens is 2. The van der Waals surface area contributed by atoms with E-state index in [9.17, 15) is 13.2 Å². The van der Waals surface area contributed by atoms with Crippen LogP contribution in [0, 0.1) is 13.8 Å². The number of piperazine rings is 1. The van der Waals surface area contributed by atoms with E-state index in [1.54, 1.807) is 22.3 Å². The number of amides is 1. The lowest BCUT2D eigenvalue weighted by Gasteiger charge is -2.34. The van der Waals surface area contributed by atoms with Crippen molar-refractivity contribution in [3.63, 3.8) is 0 Å². The monoisotopic (exact) mass is 520 g/mol. The molecule has 0 saturated carbocycles. The predicted molar refractivity (Wildman–Crippen MR) is 130 cm³/mol. The van der Waals surface area contributed by atoms with E-state index in [4.69, 9.17) is 9.47 Å². The Balaban J connectivity index is 1.21. The third-order valence-electron chi connectivity index (χ3n) is 6.01. The van der Waals surface area contributed by atoms with E-state index in [-0.39, 0.29) is 29.6 Å². The molecule has 0 aliphatic carbocycles. The maximum absolute atomic E-state index is 13.1. The molecule has 2 aromatic heterocycles. The third-order valence-corrected chi connectivity index (χ3v) is 9.99. The molecule has 34 heavy (non-hydrogen) atoms. The van der Waals surface area contributed by atoms with E-state index in [1.807, 2.05) is 6.92 Å². The molecule has 0 radical (unpaired) electrons. The fourth-order valence-corrected chi connectivity index (χ4v) is 7.45. The first-order valence-electron chi connectivity index (χ1n) is 10.9. The van der Waals surface area contributed by atoms with Crippen molar-refractivity contribution in [2.75, 3.05) is 45.1 Å². The number of sulfonamides is 1. The van der Waals surface area contributed by atoms with E-state index < -0.39 is 10.0 Å². The zero-order valence-corrected chi connectivity index (χ0v) is 21.3. The molecule has 1 amide bonds. The van der Waals surface area contributed by atoms with Crippen molar-refractivity contribution in [2.24, 2.45) is 0 Å². The number of nitrogens with zero attached hydrogens (tertiary/aromatic N) is 4. The van der Waals surface area contributed by atoms with E-state index >= 15 is 0 Å². The summed E-state index contributed by atoms with van der Waals surface area (Å²) in [6.45, 7) is 6.12. The van der Waals surface area contributed by atoms with Crippen molar-refractivity contribution in [1.82, 2.24) is 19.2 Å². The van der Waals surface area contributed by atoms with Crippen LogP contribution in [0.3, 0.4) is 0 Å². The number of thiophene rings is 1. The van der Waals surface area contributed by atoms with Crippen LogP contribution >= 0.6 is 23.1 Å². The second-order valence-corrected chi connectivity index (χ2v) is 12.1. The number of rotatable bonds is 5. The first-order chi connectivity index (χ1) is 16.3. The van der Waals surface area contributed by atoms with Gasteiger partial charge >= 0.3 is 0 Å².